The Labute approximate surface area is 57.6 Å². The van der Waals surface area contributed by atoms with E-state index < -0.39 is 8.25 Å². The van der Waals surface area contributed by atoms with Crippen molar-refractivity contribution in [2.45, 2.75) is 0 Å². The van der Waals surface area contributed by atoms with Crippen LogP contribution in [0.2, 0.25) is 0 Å². The van der Waals surface area contributed by atoms with Gasteiger partial charge < -0.3 is 9.05 Å². The van der Waals surface area contributed by atoms with E-state index in [-0.39, 0.29) is 21.1 Å². The summed E-state index contributed by atoms with van der Waals surface area (Å²) in [5, 5.41) is 0. The van der Waals surface area contributed by atoms with Crippen molar-refractivity contribution in [3.05, 3.63) is 0 Å². The molecule has 0 saturated heterocycles. The Bertz CT molecular complexity index is 50.9. The summed E-state index contributed by atoms with van der Waals surface area (Å²) in [5.41, 5.74) is 0. The van der Waals surface area contributed by atoms with Crippen LogP contribution in [0.15, 0.2) is 0 Å². The van der Waals surface area contributed by atoms with E-state index in [9.17, 15) is 4.57 Å². The Morgan fingerprint density at radius 1 is 1.29 bits per heavy atom. The summed E-state index contributed by atoms with van der Waals surface area (Å²) >= 11 is 0. The third-order valence-electron chi connectivity index (χ3n) is 0.333. The van der Waals surface area contributed by atoms with Crippen LogP contribution in [0.1, 0.15) is 0 Å². The molecule has 0 atom stereocenters. The third kappa shape index (κ3) is 6.84. The zero-order chi connectivity index (χ0) is 4.99. The first-order valence-corrected chi connectivity index (χ1v) is 2.65. The van der Waals surface area contributed by atoms with Crippen LogP contribution in [0.3, 0.4) is 0 Å². The van der Waals surface area contributed by atoms with Crippen LogP contribution >= 0.6 is 8.25 Å². The van der Waals surface area contributed by atoms with Crippen molar-refractivity contribution in [2.24, 2.45) is 0 Å². The van der Waals surface area contributed by atoms with Gasteiger partial charge in [-0.1, -0.05) is 0 Å². The topological polar surface area (TPSA) is 35.5 Å². The van der Waals surface area contributed by atoms with E-state index in [0.717, 1.165) is 0 Å². The fourth-order valence-electron chi connectivity index (χ4n) is 0.0833. The van der Waals surface area contributed by atoms with Crippen molar-refractivity contribution >= 4 is 8.25 Å². The summed E-state index contributed by atoms with van der Waals surface area (Å²) in [7, 11) is 0.558. The van der Waals surface area contributed by atoms with Gasteiger partial charge in [-0.25, -0.2) is 0 Å². The average molecular weight is 307 g/mol. The first-order valence-electron chi connectivity index (χ1n) is 1.43. The van der Waals surface area contributed by atoms with Gasteiger partial charge in [-0.3, -0.25) is 4.57 Å². The predicted octanol–water partition coefficient (Wildman–Crippen LogP) is 0.131. The van der Waals surface area contributed by atoms with Crippen LogP contribution < -0.4 is 0 Å². The van der Waals surface area contributed by atoms with Crippen molar-refractivity contribution in [2.75, 3.05) is 14.2 Å². The van der Waals surface area contributed by atoms with E-state index >= 15 is 0 Å². The van der Waals surface area contributed by atoms with E-state index in [1.54, 1.807) is 0 Å². The molecule has 0 N–H and O–H groups in total. The SMILES string of the molecule is CO[PH](=O)OC.[PtH2]. The molecule has 0 heterocycles. The molecule has 50 valence electrons. The first kappa shape index (κ1) is 10.8. The molecule has 0 amide bonds. The van der Waals surface area contributed by atoms with Gasteiger partial charge in [0.1, 0.15) is 0 Å². The van der Waals surface area contributed by atoms with Crippen molar-refractivity contribution in [1.29, 1.82) is 0 Å². The van der Waals surface area contributed by atoms with Gasteiger partial charge in [-0.05, 0) is 0 Å². The van der Waals surface area contributed by atoms with Gasteiger partial charge in [0.15, 0.2) is 0 Å². The molecule has 0 radical (unpaired) electrons. The maximum atomic E-state index is 9.92. The van der Waals surface area contributed by atoms with Crippen LogP contribution in [0, 0.1) is 0 Å². The second kappa shape index (κ2) is 6.84. The Kier molecular flexibility index (Phi) is 10.5. The van der Waals surface area contributed by atoms with Gasteiger partial charge in [0.2, 0.25) is 0 Å². The Morgan fingerprint density at radius 3 is 1.57 bits per heavy atom. The molecule has 7 heavy (non-hydrogen) atoms. The summed E-state index contributed by atoms with van der Waals surface area (Å²) in [5.74, 6) is 0. The second-order valence-electron chi connectivity index (χ2n) is 0.658. The predicted molar refractivity (Wildman–Crippen MR) is 25.8 cm³/mol. The van der Waals surface area contributed by atoms with Crippen molar-refractivity contribution in [1.82, 2.24) is 0 Å². The number of hydrogen-bond acceptors (Lipinski definition) is 3. The summed E-state index contributed by atoms with van der Waals surface area (Å²) in [4.78, 5) is 0. The van der Waals surface area contributed by atoms with Gasteiger partial charge in [0.05, 0.1) is 0 Å². The molecule has 0 aromatic rings. The van der Waals surface area contributed by atoms with Crippen LogP contribution in [0.25, 0.3) is 0 Å². The molecule has 5 heteroatoms. The van der Waals surface area contributed by atoms with E-state index in [2.05, 4.69) is 9.05 Å². The van der Waals surface area contributed by atoms with E-state index in [4.69, 9.17) is 0 Å². The molecule has 0 rings (SSSR count). The second-order valence-corrected chi connectivity index (χ2v) is 1.97. The van der Waals surface area contributed by atoms with Gasteiger partial charge in [0, 0.05) is 14.2 Å². The van der Waals surface area contributed by atoms with E-state index in [0.29, 0.717) is 0 Å². The summed E-state index contributed by atoms with van der Waals surface area (Å²) in [6, 6.07) is 0. The Hall–Kier alpha value is 0.838. The normalized spacial score (nSPS) is 8.43. The molecular formula is C2H9O3PPt. The summed E-state index contributed by atoms with van der Waals surface area (Å²) in [6.07, 6.45) is 0. The van der Waals surface area contributed by atoms with Crippen molar-refractivity contribution < 1.29 is 34.7 Å². The molecule has 0 aliphatic carbocycles. The van der Waals surface area contributed by atoms with Crippen molar-refractivity contribution in [3.63, 3.8) is 0 Å². The fourth-order valence-corrected chi connectivity index (χ4v) is 0.250. The fraction of sp³-hybridized carbons (Fsp3) is 1.00. The third-order valence-corrected chi connectivity index (χ3v) is 1.00. The summed E-state index contributed by atoms with van der Waals surface area (Å²) in [6.45, 7) is 0. The molecule has 0 saturated carbocycles. The van der Waals surface area contributed by atoms with Crippen molar-refractivity contribution in [3.8, 4) is 0 Å². The van der Waals surface area contributed by atoms with Gasteiger partial charge in [-0.2, -0.15) is 0 Å². The molecule has 0 bridgehead atoms. The Morgan fingerprint density at radius 2 is 1.57 bits per heavy atom. The van der Waals surface area contributed by atoms with Crippen LogP contribution in [0.5, 0.6) is 0 Å². The maximum absolute atomic E-state index is 9.92. The number of rotatable bonds is 2. The molecule has 0 aromatic carbocycles. The molecule has 0 spiro atoms. The molecule has 0 unspecified atom stereocenters. The average Bonchev–Trinajstić information content (AvgIpc) is 1.65. The standard InChI is InChI=1S/C2H7O3P.Pt.2H/c1-4-6(3)5-2;;;/h6H,1-2H3;;;. The van der Waals surface area contributed by atoms with E-state index in [1.807, 2.05) is 0 Å². The molecule has 3 nitrogen and oxygen atoms in total. The molecule has 0 fully saturated rings. The molecule has 0 aromatic heterocycles. The molecule has 0 aliphatic heterocycles. The zero-order valence-corrected chi connectivity index (χ0v) is 7.62. The first-order chi connectivity index (χ1) is 2.81. The minimum atomic E-state index is -2.12. The minimum absolute atomic E-state index is 0. The van der Waals surface area contributed by atoms with Gasteiger partial charge >= 0.3 is 29.3 Å². The Balaban J connectivity index is 0. The monoisotopic (exact) mass is 307 g/mol. The summed E-state index contributed by atoms with van der Waals surface area (Å²) < 4.78 is 18.4. The van der Waals surface area contributed by atoms with Crippen LogP contribution in [0.4, 0.5) is 0 Å². The van der Waals surface area contributed by atoms with Crippen LogP contribution in [-0.4, -0.2) is 14.2 Å². The zero-order valence-electron chi connectivity index (χ0n) is 4.08. The van der Waals surface area contributed by atoms with Gasteiger partial charge in [-0.15, -0.1) is 0 Å². The van der Waals surface area contributed by atoms with Gasteiger partial charge in [0.25, 0.3) is 0 Å². The number of hydrogen-bond donors (Lipinski definition) is 0. The van der Waals surface area contributed by atoms with Crippen LogP contribution in [-0.2, 0) is 34.7 Å². The van der Waals surface area contributed by atoms with E-state index in [1.165, 1.54) is 14.2 Å². The molecule has 0 aliphatic rings. The quantitative estimate of drug-likeness (QED) is 0.681. The molecular weight excluding hydrogens is 298 g/mol.